The minimum absolute atomic E-state index is 0.823. The fourth-order valence-electron chi connectivity index (χ4n) is 2.26. The molecule has 0 saturated heterocycles. The van der Waals surface area contributed by atoms with Crippen LogP contribution in [-0.2, 0) is 13.0 Å². The maximum atomic E-state index is 5.81. The summed E-state index contributed by atoms with van der Waals surface area (Å²) < 4.78 is 0. The van der Waals surface area contributed by atoms with Gasteiger partial charge in [-0.3, -0.25) is 0 Å². The summed E-state index contributed by atoms with van der Waals surface area (Å²) in [5, 5.41) is 0. The second-order valence-electron chi connectivity index (χ2n) is 5.02. The number of benzene rings is 2. The molecule has 0 aliphatic carbocycles. The van der Waals surface area contributed by atoms with Crippen LogP contribution in [0.5, 0.6) is 0 Å². The Morgan fingerprint density at radius 3 is 2.37 bits per heavy atom. The van der Waals surface area contributed by atoms with Gasteiger partial charge in [0.1, 0.15) is 0 Å². The van der Waals surface area contributed by atoms with Crippen LogP contribution in [0.25, 0.3) is 0 Å². The zero-order valence-corrected chi connectivity index (χ0v) is 11.8. The molecule has 0 aromatic heterocycles. The summed E-state index contributed by atoms with van der Waals surface area (Å²) in [5.74, 6) is 0. The van der Waals surface area contributed by atoms with Crippen LogP contribution < -0.4 is 10.6 Å². The van der Waals surface area contributed by atoms with E-state index in [9.17, 15) is 0 Å². The second-order valence-corrected chi connectivity index (χ2v) is 5.02. The summed E-state index contributed by atoms with van der Waals surface area (Å²) in [6.07, 6.45) is 2.34. The molecule has 0 spiro atoms. The molecule has 100 valence electrons. The maximum Gasteiger partial charge on any atom is 0.0426 e. The van der Waals surface area contributed by atoms with E-state index in [0.717, 1.165) is 18.7 Å². The molecule has 19 heavy (non-hydrogen) atoms. The average Bonchev–Trinajstić information content (AvgIpc) is 2.40. The monoisotopic (exact) mass is 254 g/mol. The summed E-state index contributed by atoms with van der Waals surface area (Å²) in [4.78, 5) is 2.24. The van der Waals surface area contributed by atoms with Gasteiger partial charge in [0.15, 0.2) is 0 Å². The first-order chi connectivity index (χ1) is 9.19. The number of anilines is 2. The summed E-state index contributed by atoms with van der Waals surface area (Å²) >= 11 is 0. The smallest absolute Gasteiger partial charge is 0.0426 e. The lowest BCUT2D eigenvalue weighted by molar-refractivity contribution is 0.909. The van der Waals surface area contributed by atoms with Crippen LogP contribution in [0.2, 0.25) is 0 Å². The fourth-order valence-corrected chi connectivity index (χ4v) is 2.26. The zero-order chi connectivity index (χ0) is 13.7. The van der Waals surface area contributed by atoms with Crippen molar-refractivity contribution in [1.82, 2.24) is 0 Å². The SMILES string of the molecule is CCCc1ccc(N(C)Cc2cccc(N)c2)cc1. The van der Waals surface area contributed by atoms with Crippen molar-refractivity contribution in [3.8, 4) is 0 Å². The minimum atomic E-state index is 0.823. The highest BCUT2D eigenvalue weighted by atomic mass is 15.1. The van der Waals surface area contributed by atoms with Crippen LogP contribution in [-0.4, -0.2) is 7.05 Å². The molecule has 0 aliphatic heterocycles. The van der Waals surface area contributed by atoms with Crippen LogP contribution in [0.1, 0.15) is 24.5 Å². The molecule has 0 saturated carbocycles. The molecule has 2 rings (SSSR count). The number of nitrogens with zero attached hydrogens (tertiary/aromatic N) is 1. The highest BCUT2D eigenvalue weighted by Gasteiger charge is 2.02. The molecule has 2 heteroatoms. The van der Waals surface area contributed by atoms with Crippen LogP contribution in [0.15, 0.2) is 48.5 Å². The van der Waals surface area contributed by atoms with Crippen molar-refractivity contribution in [2.75, 3.05) is 17.7 Å². The van der Waals surface area contributed by atoms with Gasteiger partial charge in [-0.25, -0.2) is 0 Å². The summed E-state index contributed by atoms with van der Waals surface area (Å²) in [6.45, 7) is 3.08. The standard InChI is InChI=1S/C17H22N2/c1-3-5-14-8-10-17(11-9-14)19(2)13-15-6-4-7-16(18)12-15/h4,6-12H,3,5,13,18H2,1-2H3. The highest BCUT2D eigenvalue weighted by Crippen LogP contribution is 2.18. The Labute approximate surface area is 115 Å². The number of hydrogen-bond donors (Lipinski definition) is 1. The molecule has 0 radical (unpaired) electrons. The Morgan fingerprint density at radius 2 is 1.74 bits per heavy atom. The van der Waals surface area contributed by atoms with E-state index in [0.29, 0.717) is 0 Å². The van der Waals surface area contributed by atoms with Gasteiger partial charge in [0.05, 0.1) is 0 Å². The lowest BCUT2D eigenvalue weighted by Crippen LogP contribution is -2.16. The van der Waals surface area contributed by atoms with E-state index in [1.807, 2.05) is 18.2 Å². The van der Waals surface area contributed by atoms with E-state index in [1.54, 1.807) is 0 Å². The van der Waals surface area contributed by atoms with Crippen LogP contribution in [0, 0.1) is 0 Å². The third-order valence-electron chi connectivity index (χ3n) is 3.29. The molecule has 0 atom stereocenters. The van der Waals surface area contributed by atoms with Crippen molar-refractivity contribution in [3.63, 3.8) is 0 Å². The Hall–Kier alpha value is -1.96. The lowest BCUT2D eigenvalue weighted by atomic mass is 10.1. The van der Waals surface area contributed by atoms with E-state index in [1.165, 1.54) is 23.2 Å². The van der Waals surface area contributed by atoms with Crippen molar-refractivity contribution < 1.29 is 0 Å². The quantitative estimate of drug-likeness (QED) is 0.821. The highest BCUT2D eigenvalue weighted by molar-refractivity contribution is 5.48. The molecular weight excluding hydrogens is 232 g/mol. The molecule has 2 aromatic carbocycles. The number of nitrogens with two attached hydrogens (primary N) is 1. The normalized spacial score (nSPS) is 10.4. The van der Waals surface area contributed by atoms with Gasteiger partial charge in [-0.05, 0) is 41.8 Å². The van der Waals surface area contributed by atoms with E-state index in [2.05, 4.69) is 49.2 Å². The molecule has 2 aromatic rings. The van der Waals surface area contributed by atoms with Crippen LogP contribution in [0.4, 0.5) is 11.4 Å². The first-order valence-corrected chi connectivity index (χ1v) is 6.83. The summed E-state index contributed by atoms with van der Waals surface area (Å²) in [7, 11) is 2.11. The maximum absolute atomic E-state index is 5.81. The molecule has 2 nitrogen and oxygen atoms in total. The van der Waals surface area contributed by atoms with Gasteiger partial charge < -0.3 is 10.6 Å². The summed E-state index contributed by atoms with van der Waals surface area (Å²) in [5.41, 5.74) is 10.5. The number of hydrogen-bond acceptors (Lipinski definition) is 2. The molecule has 2 N–H and O–H groups in total. The molecule has 0 aliphatic rings. The number of nitrogen functional groups attached to an aromatic ring is 1. The number of rotatable bonds is 5. The Morgan fingerprint density at radius 1 is 1.00 bits per heavy atom. The Balaban J connectivity index is 2.05. The fraction of sp³-hybridized carbons (Fsp3) is 0.294. The Kier molecular flexibility index (Phi) is 4.45. The molecule has 0 heterocycles. The van der Waals surface area contributed by atoms with Crippen LogP contribution in [0.3, 0.4) is 0 Å². The van der Waals surface area contributed by atoms with E-state index < -0.39 is 0 Å². The second kappa shape index (κ2) is 6.28. The van der Waals surface area contributed by atoms with Gasteiger partial charge >= 0.3 is 0 Å². The van der Waals surface area contributed by atoms with Gasteiger partial charge in [-0.15, -0.1) is 0 Å². The first-order valence-electron chi connectivity index (χ1n) is 6.83. The van der Waals surface area contributed by atoms with Gasteiger partial charge in [-0.2, -0.15) is 0 Å². The zero-order valence-electron chi connectivity index (χ0n) is 11.8. The van der Waals surface area contributed by atoms with Gasteiger partial charge in [-0.1, -0.05) is 37.6 Å². The van der Waals surface area contributed by atoms with E-state index >= 15 is 0 Å². The van der Waals surface area contributed by atoms with E-state index in [4.69, 9.17) is 5.73 Å². The van der Waals surface area contributed by atoms with Crippen molar-refractivity contribution in [3.05, 3.63) is 59.7 Å². The lowest BCUT2D eigenvalue weighted by Gasteiger charge is -2.20. The van der Waals surface area contributed by atoms with E-state index in [-0.39, 0.29) is 0 Å². The molecule has 0 unspecified atom stereocenters. The first kappa shape index (κ1) is 13.5. The van der Waals surface area contributed by atoms with Crippen molar-refractivity contribution in [1.29, 1.82) is 0 Å². The van der Waals surface area contributed by atoms with Gasteiger partial charge in [0.25, 0.3) is 0 Å². The molecule has 0 amide bonds. The molecule has 0 bridgehead atoms. The molecule has 0 fully saturated rings. The predicted octanol–water partition coefficient (Wildman–Crippen LogP) is 3.86. The third-order valence-corrected chi connectivity index (χ3v) is 3.29. The largest absolute Gasteiger partial charge is 0.399 e. The minimum Gasteiger partial charge on any atom is -0.399 e. The number of aryl methyl sites for hydroxylation is 1. The van der Waals surface area contributed by atoms with Crippen molar-refractivity contribution in [2.45, 2.75) is 26.3 Å². The summed E-state index contributed by atoms with van der Waals surface area (Å²) in [6, 6.07) is 16.9. The predicted molar refractivity (Wildman–Crippen MR) is 83.4 cm³/mol. The van der Waals surface area contributed by atoms with Crippen molar-refractivity contribution >= 4 is 11.4 Å². The van der Waals surface area contributed by atoms with Gasteiger partial charge in [0, 0.05) is 25.0 Å². The van der Waals surface area contributed by atoms with Gasteiger partial charge in [0.2, 0.25) is 0 Å². The Bertz CT molecular complexity index is 517. The van der Waals surface area contributed by atoms with Crippen molar-refractivity contribution in [2.24, 2.45) is 0 Å². The molecular formula is C17H22N2. The topological polar surface area (TPSA) is 29.3 Å². The van der Waals surface area contributed by atoms with Crippen LogP contribution >= 0.6 is 0 Å². The average molecular weight is 254 g/mol. The third kappa shape index (κ3) is 3.75.